The Morgan fingerprint density at radius 3 is 1.73 bits per heavy atom. The van der Waals surface area contributed by atoms with Gasteiger partial charge >= 0.3 is 6.03 Å². The Morgan fingerprint density at radius 1 is 1.45 bits per heavy atom. The van der Waals surface area contributed by atoms with E-state index < -0.39 is 16.1 Å². The van der Waals surface area contributed by atoms with E-state index in [-0.39, 0.29) is 5.75 Å². The van der Waals surface area contributed by atoms with Crippen LogP contribution in [0.5, 0.6) is 0 Å². The first-order chi connectivity index (χ1) is 4.79. The molecule has 0 radical (unpaired) electrons. The summed E-state index contributed by atoms with van der Waals surface area (Å²) in [6, 6.07) is -0.833. The van der Waals surface area contributed by atoms with Crippen molar-refractivity contribution in [1.29, 1.82) is 0 Å². The minimum Gasteiger partial charge on any atom is -0.352 e. The first-order valence-electron chi connectivity index (χ1n) is 2.79. The molecule has 5 N–H and O–H groups in total. The Labute approximate surface area is 65.3 Å². The van der Waals surface area contributed by atoms with Crippen LogP contribution < -0.4 is 11.5 Å². The Hall–Kier alpha value is -0.820. The standard InChI is InChI=1S/C3H8O3S.CH4N2O/c1-2-3-7(4,5)6;2-1(3)4/h2-3H2,1H3,(H,4,5,6);(H4,2,3,4). The summed E-state index contributed by atoms with van der Waals surface area (Å²) in [6.07, 6.45) is 0.471. The van der Waals surface area contributed by atoms with Crippen LogP contribution in [0.4, 0.5) is 4.79 Å². The number of carbonyl (C=O) groups is 1. The van der Waals surface area contributed by atoms with Crippen LogP contribution in [0.15, 0.2) is 0 Å². The molecule has 6 nitrogen and oxygen atoms in total. The first-order valence-corrected chi connectivity index (χ1v) is 4.40. The highest BCUT2D eigenvalue weighted by atomic mass is 32.2. The molecule has 0 rings (SSSR count). The molecule has 0 fully saturated rings. The molecule has 0 unspecified atom stereocenters. The molecular formula is C4H12N2O4S. The lowest BCUT2D eigenvalue weighted by Gasteiger charge is -1.85. The molecule has 0 heterocycles. The Bertz CT molecular complexity index is 194. The summed E-state index contributed by atoms with van der Waals surface area (Å²) in [5, 5.41) is 0. The predicted octanol–water partition coefficient (Wildman–Crippen LogP) is -0.692. The van der Waals surface area contributed by atoms with Gasteiger partial charge in [-0.05, 0) is 6.42 Å². The molecule has 0 aliphatic rings. The van der Waals surface area contributed by atoms with Gasteiger partial charge in [-0.15, -0.1) is 0 Å². The number of rotatable bonds is 2. The second-order valence-corrected chi connectivity index (χ2v) is 3.26. The average molecular weight is 184 g/mol. The quantitative estimate of drug-likeness (QED) is 0.491. The minimum absolute atomic E-state index is 0.132. The molecule has 0 saturated heterocycles. The highest BCUT2D eigenvalue weighted by Crippen LogP contribution is 1.83. The van der Waals surface area contributed by atoms with Gasteiger partial charge in [0.15, 0.2) is 0 Å². The number of hydrogen-bond donors (Lipinski definition) is 3. The lowest BCUT2D eigenvalue weighted by Crippen LogP contribution is -2.18. The van der Waals surface area contributed by atoms with E-state index in [1.165, 1.54) is 0 Å². The zero-order valence-corrected chi connectivity index (χ0v) is 6.97. The van der Waals surface area contributed by atoms with Gasteiger partial charge in [0.25, 0.3) is 10.1 Å². The number of amides is 2. The van der Waals surface area contributed by atoms with Crippen molar-refractivity contribution in [2.24, 2.45) is 11.5 Å². The van der Waals surface area contributed by atoms with Crippen LogP contribution in [-0.2, 0) is 10.1 Å². The van der Waals surface area contributed by atoms with Gasteiger partial charge in [0.2, 0.25) is 0 Å². The van der Waals surface area contributed by atoms with E-state index in [1.54, 1.807) is 6.92 Å². The summed E-state index contributed by atoms with van der Waals surface area (Å²) >= 11 is 0. The molecule has 0 bridgehead atoms. The van der Waals surface area contributed by atoms with Gasteiger partial charge in [0.05, 0.1) is 5.75 Å². The molecule has 68 valence electrons. The largest absolute Gasteiger partial charge is 0.352 e. The van der Waals surface area contributed by atoms with Crippen LogP contribution in [0.1, 0.15) is 13.3 Å². The van der Waals surface area contributed by atoms with Crippen molar-refractivity contribution >= 4 is 16.1 Å². The van der Waals surface area contributed by atoms with Crippen molar-refractivity contribution in [3.8, 4) is 0 Å². The molecule has 0 atom stereocenters. The van der Waals surface area contributed by atoms with Crippen molar-refractivity contribution in [2.45, 2.75) is 13.3 Å². The van der Waals surface area contributed by atoms with Crippen molar-refractivity contribution in [3.05, 3.63) is 0 Å². The van der Waals surface area contributed by atoms with Crippen molar-refractivity contribution in [2.75, 3.05) is 5.75 Å². The predicted molar refractivity (Wildman–Crippen MR) is 40.5 cm³/mol. The van der Waals surface area contributed by atoms with Crippen molar-refractivity contribution in [1.82, 2.24) is 0 Å². The van der Waals surface area contributed by atoms with Gasteiger partial charge in [0, 0.05) is 0 Å². The molecule has 2 amide bonds. The van der Waals surface area contributed by atoms with Gasteiger partial charge in [-0.1, -0.05) is 6.92 Å². The average Bonchev–Trinajstić information content (AvgIpc) is 1.58. The number of carbonyl (C=O) groups excluding carboxylic acids is 1. The van der Waals surface area contributed by atoms with E-state index in [2.05, 4.69) is 11.5 Å². The summed E-state index contributed by atoms with van der Waals surface area (Å²) in [4.78, 5) is 9.00. The van der Waals surface area contributed by atoms with E-state index in [0.29, 0.717) is 6.42 Å². The van der Waals surface area contributed by atoms with E-state index in [1.807, 2.05) is 0 Å². The molecule has 0 aliphatic heterocycles. The number of nitrogens with two attached hydrogens (primary N) is 2. The summed E-state index contributed by atoms with van der Waals surface area (Å²) < 4.78 is 27.6. The van der Waals surface area contributed by atoms with Gasteiger partial charge in [-0.2, -0.15) is 8.42 Å². The topological polar surface area (TPSA) is 123 Å². The molecular weight excluding hydrogens is 172 g/mol. The monoisotopic (exact) mass is 184 g/mol. The fourth-order valence-electron chi connectivity index (χ4n) is 0.258. The third-order valence-corrected chi connectivity index (χ3v) is 1.39. The third-order valence-electron chi connectivity index (χ3n) is 0.462. The van der Waals surface area contributed by atoms with Gasteiger partial charge in [-0.25, -0.2) is 4.79 Å². The van der Waals surface area contributed by atoms with E-state index >= 15 is 0 Å². The number of hydrogen-bond acceptors (Lipinski definition) is 3. The first kappa shape index (κ1) is 12.8. The van der Waals surface area contributed by atoms with Crippen LogP contribution in [0.25, 0.3) is 0 Å². The summed E-state index contributed by atoms with van der Waals surface area (Å²) in [7, 11) is -3.67. The number of primary amides is 2. The molecule has 7 heteroatoms. The molecule has 11 heavy (non-hydrogen) atoms. The van der Waals surface area contributed by atoms with Crippen LogP contribution in [0, 0.1) is 0 Å². The van der Waals surface area contributed by atoms with Crippen LogP contribution in [0.2, 0.25) is 0 Å². The van der Waals surface area contributed by atoms with E-state index in [0.717, 1.165) is 0 Å². The molecule has 0 aromatic carbocycles. The smallest absolute Gasteiger partial charge is 0.309 e. The normalized spacial score (nSPS) is 9.64. The maximum absolute atomic E-state index is 9.79. The van der Waals surface area contributed by atoms with Crippen LogP contribution in [0.3, 0.4) is 0 Å². The molecule has 0 aliphatic carbocycles. The van der Waals surface area contributed by atoms with Gasteiger partial charge in [-0.3, -0.25) is 4.55 Å². The SMILES string of the molecule is CCCS(=O)(=O)O.NC(N)=O. The fraction of sp³-hybridized carbons (Fsp3) is 0.750. The second-order valence-electron chi connectivity index (χ2n) is 1.69. The van der Waals surface area contributed by atoms with Gasteiger partial charge < -0.3 is 11.5 Å². The van der Waals surface area contributed by atoms with Crippen molar-refractivity contribution < 1.29 is 17.8 Å². The molecule has 0 saturated carbocycles. The molecule has 0 aromatic rings. The van der Waals surface area contributed by atoms with Gasteiger partial charge in [0.1, 0.15) is 0 Å². The Kier molecular flexibility index (Phi) is 6.91. The third kappa shape index (κ3) is 46.8. The number of urea groups is 1. The second kappa shape index (κ2) is 5.93. The molecule has 0 spiro atoms. The minimum atomic E-state index is -3.67. The van der Waals surface area contributed by atoms with Crippen LogP contribution in [-0.4, -0.2) is 24.8 Å². The van der Waals surface area contributed by atoms with E-state index in [4.69, 9.17) is 9.35 Å². The van der Waals surface area contributed by atoms with E-state index in [9.17, 15) is 8.42 Å². The zero-order valence-electron chi connectivity index (χ0n) is 6.15. The van der Waals surface area contributed by atoms with Crippen LogP contribution >= 0.6 is 0 Å². The summed E-state index contributed by atoms with van der Waals surface area (Å²) in [6.45, 7) is 1.69. The zero-order chi connectivity index (χ0) is 9.49. The fourth-order valence-corrected chi connectivity index (χ4v) is 0.774. The lowest BCUT2D eigenvalue weighted by molar-refractivity contribution is 0.256. The summed E-state index contributed by atoms with van der Waals surface area (Å²) in [5.74, 6) is -0.132. The Morgan fingerprint density at radius 2 is 1.73 bits per heavy atom. The lowest BCUT2D eigenvalue weighted by atomic mass is 10.6. The molecule has 0 aromatic heterocycles. The maximum atomic E-state index is 9.79. The van der Waals surface area contributed by atoms with Crippen molar-refractivity contribution in [3.63, 3.8) is 0 Å². The maximum Gasteiger partial charge on any atom is 0.309 e. The highest BCUT2D eigenvalue weighted by molar-refractivity contribution is 7.85. The summed E-state index contributed by atoms with van der Waals surface area (Å²) in [5.41, 5.74) is 8.50. The highest BCUT2D eigenvalue weighted by Gasteiger charge is 1.98. The Balaban J connectivity index is 0.